The van der Waals surface area contributed by atoms with E-state index in [1.807, 2.05) is 22.7 Å². The van der Waals surface area contributed by atoms with Gasteiger partial charge in [0.15, 0.2) is 5.65 Å². The number of nitrogens with zero attached hydrogens (tertiary/aromatic N) is 4. The molecule has 0 unspecified atom stereocenters. The number of carboxylic acids is 1. The van der Waals surface area contributed by atoms with Gasteiger partial charge in [0.1, 0.15) is 12.1 Å². The van der Waals surface area contributed by atoms with Crippen LogP contribution in [0, 0.1) is 0 Å². The number of aromatic carboxylic acids is 1. The van der Waals surface area contributed by atoms with Gasteiger partial charge in [-0.05, 0) is 29.8 Å². The van der Waals surface area contributed by atoms with Crippen LogP contribution in [0.2, 0.25) is 0 Å². The summed E-state index contributed by atoms with van der Waals surface area (Å²) in [6.07, 6.45) is 4.85. The molecule has 0 bridgehead atoms. The molecule has 7 heteroatoms. The second kappa shape index (κ2) is 4.96. The van der Waals surface area contributed by atoms with Crippen LogP contribution in [0.15, 0.2) is 43.0 Å². The van der Waals surface area contributed by atoms with E-state index in [4.69, 9.17) is 5.11 Å². The highest BCUT2D eigenvalue weighted by atomic mass is 16.4. The van der Waals surface area contributed by atoms with Crippen molar-refractivity contribution in [1.29, 1.82) is 0 Å². The number of hydrogen-bond donors (Lipinski definition) is 2. The summed E-state index contributed by atoms with van der Waals surface area (Å²) in [6.45, 7) is 0.572. The maximum atomic E-state index is 10.7. The fourth-order valence-electron chi connectivity index (χ4n) is 1.79. The number of hydrogen-bond acceptors (Lipinski definition) is 5. The summed E-state index contributed by atoms with van der Waals surface area (Å²) >= 11 is 0. The first-order valence-electron chi connectivity index (χ1n) is 5.94. The van der Waals surface area contributed by atoms with Crippen molar-refractivity contribution >= 4 is 17.4 Å². The van der Waals surface area contributed by atoms with E-state index in [0.717, 1.165) is 11.2 Å². The minimum atomic E-state index is -0.985. The highest BCUT2D eigenvalue weighted by molar-refractivity contribution is 5.87. The SMILES string of the molecule is O=C(O)c1ccc(NCc2ccn3cnnc3c2)nc1. The van der Waals surface area contributed by atoms with Gasteiger partial charge in [-0.3, -0.25) is 4.40 Å². The van der Waals surface area contributed by atoms with Crippen LogP contribution in [0.3, 0.4) is 0 Å². The fourth-order valence-corrected chi connectivity index (χ4v) is 1.79. The highest BCUT2D eigenvalue weighted by Gasteiger charge is 2.03. The van der Waals surface area contributed by atoms with E-state index < -0.39 is 5.97 Å². The van der Waals surface area contributed by atoms with Crippen LogP contribution in [-0.4, -0.2) is 30.7 Å². The molecular weight excluding hydrogens is 258 g/mol. The maximum Gasteiger partial charge on any atom is 0.337 e. The predicted molar refractivity (Wildman–Crippen MR) is 71.5 cm³/mol. The van der Waals surface area contributed by atoms with Gasteiger partial charge in [0.2, 0.25) is 0 Å². The van der Waals surface area contributed by atoms with Gasteiger partial charge in [0.25, 0.3) is 0 Å². The first kappa shape index (κ1) is 12.1. The van der Waals surface area contributed by atoms with Gasteiger partial charge in [-0.2, -0.15) is 0 Å². The lowest BCUT2D eigenvalue weighted by molar-refractivity contribution is 0.0696. The summed E-state index contributed by atoms with van der Waals surface area (Å²) in [5.41, 5.74) is 1.98. The highest BCUT2D eigenvalue weighted by Crippen LogP contribution is 2.09. The van der Waals surface area contributed by atoms with Crippen molar-refractivity contribution in [3.05, 3.63) is 54.1 Å². The number of anilines is 1. The zero-order chi connectivity index (χ0) is 13.9. The topological polar surface area (TPSA) is 92.4 Å². The third-order valence-electron chi connectivity index (χ3n) is 2.85. The molecule has 7 nitrogen and oxygen atoms in total. The molecule has 100 valence electrons. The molecule has 0 spiro atoms. The number of carboxylic acid groups (broad SMARTS) is 1. The van der Waals surface area contributed by atoms with Crippen LogP contribution in [0.4, 0.5) is 5.82 Å². The Hall–Kier alpha value is -2.96. The Kier molecular flexibility index (Phi) is 3.00. The molecule has 2 N–H and O–H groups in total. The lowest BCUT2D eigenvalue weighted by atomic mass is 10.2. The summed E-state index contributed by atoms with van der Waals surface area (Å²) in [4.78, 5) is 14.8. The third-order valence-corrected chi connectivity index (χ3v) is 2.85. The van der Waals surface area contributed by atoms with Gasteiger partial charge in [-0.15, -0.1) is 10.2 Å². The standard InChI is InChI=1S/C13H11N5O2/c19-13(20)10-1-2-11(15-7-10)14-6-9-3-4-18-8-16-17-12(18)5-9/h1-5,7-8H,6H2,(H,14,15)(H,19,20). The van der Waals surface area contributed by atoms with Gasteiger partial charge >= 0.3 is 5.97 Å². The van der Waals surface area contributed by atoms with Gasteiger partial charge in [-0.25, -0.2) is 9.78 Å². The van der Waals surface area contributed by atoms with Crippen molar-refractivity contribution in [3.63, 3.8) is 0 Å². The molecule has 0 radical (unpaired) electrons. The van der Waals surface area contributed by atoms with Crippen LogP contribution in [-0.2, 0) is 6.54 Å². The molecule has 0 fully saturated rings. The van der Waals surface area contributed by atoms with Crippen molar-refractivity contribution in [2.45, 2.75) is 6.54 Å². The molecule has 3 aromatic heterocycles. The Morgan fingerprint density at radius 1 is 1.35 bits per heavy atom. The molecule has 3 heterocycles. The van der Waals surface area contributed by atoms with Crippen molar-refractivity contribution in [1.82, 2.24) is 19.6 Å². The van der Waals surface area contributed by atoms with Crippen molar-refractivity contribution in [3.8, 4) is 0 Å². The Bertz CT molecular complexity index is 751. The van der Waals surface area contributed by atoms with Crippen molar-refractivity contribution < 1.29 is 9.90 Å². The Morgan fingerprint density at radius 2 is 2.25 bits per heavy atom. The van der Waals surface area contributed by atoms with Crippen LogP contribution in [0.5, 0.6) is 0 Å². The summed E-state index contributed by atoms with van der Waals surface area (Å²) in [7, 11) is 0. The summed E-state index contributed by atoms with van der Waals surface area (Å²) in [5, 5.41) is 19.7. The largest absolute Gasteiger partial charge is 0.478 e. The van der Waals surface area contributed by atoms with Gasteiger partial charge in [-0.1, -0.05) is 0 Å². The quantitative estimate of drug-likeness (QED) is 0.744. The van der Waals surface area contributed by atoms with E-state index in [9.17, 15) is 4.79 Å². The Morgan fingerprint density at radius 3 is 3.00 bits per heavy atom. The van der Waals surface area contributed by atoms with Crippen LogP contribution in [0.1, 0.15) is 15.9 Å². The molecule has 0 aromatic carbocycles. The van der Waals surface area contributed by atoms with E-state index in [1.54, 1.807) is 12.4 Å². The smallest absolute Gasteiger partial charge is 0.337 e. The summed E-state index contributed by atoms with van der Waals surface area (Å²) in [5.74, 6) is -0.363. The summed E-state index contributed by atoms with van der Waals surface area (Å²) < 4.78 is 1.82. The molecule has 0 aliphatic carbocycles. The second-order valence-electron chi connectivity index (χ2n) is 4.22. The van der Waals surface area contributed by atoms with Gasteiger partial charge < -0.3 is 10.4 Å². The molecule has 0 saturated carbocycles. The van der Waals surface area contributed by atoms with Crippen LogP contribution in [0.25, 0.3) is 5.65 Å². The van der Waals surface area contributed by atoms with Crippen molar-refractivity contribution in [2.75, 3.05) is 5.32 Å². The molecular formula is C13H11N5O2. The number of pyridine rings is 2. The average Bonchev–Trinajstić information content (AvgIpc) is 2.93. The first-order chi connectivity index (χ1) is 9.72. The molecule has 0 aliphatic heterocycles. The number of aromatic nitrogens is 4. The van der Waals surface area contributed by atoms with E-state index in [0.29, 0.717) is 12.4 Å². The molecule has 0 amide bonds. The lowest BCUT2D eigenvalue weighted by Crippen LogP contribution is -2.03. The van der Waals surface area contributed by atoms with Gasteiger partial charge in [0.05, 0.1) is 5.56 Å². The number of fused-ring (bicyclic) bond motifs is 1. The molecule has 3 rings (SSSR count). The lowest BCUT2D eigenvalue weighted by Gasteiger charge is -2.06. The average molecular weight is 269 g/mol. The summed E-state index contributed by atoms with van der Waals surface area (Å²) in [6, 6.07) is 7.03. The maximum absolute atomic E-state index is 10.7. The minimum Gasteiger partial charge on any atom is -0.478 e. The van der Waals surface area contributed by atoms with Crippen molar-refractivity contribution in [2.24, 2.45) is 0 Å². The number of rotatable bonds is 4. The number of nitrogens with one attached hydrogen (secondary N) is 1. The molecule has 3 aromatic rings. The fraction of sp³-hybridized carbons (Fsp3) is 0.0769. The third kappa shape index (κ3) is 2.41. The zero-order valence-electron chi connectivity index (χ0n) is 10.4. The van der Waals surface area contributed by atoms with E-state index in [1.165, 1.54) is 12.3 Å². The van der Waals surface area contributed by atoms with Crippen LogP contribution < -0.4 is 5.32 Å². The van der Waals surface area contributed by atoms with E-state index in [2.05, 4.69) is 20.5 Å². The normalized spacial score (nSPS) is 10.6. The second-order valence-corrected chi connectivity index (χ2v) is 4.22. The Balaban J connectivity index is 1.70. The molecule has 20 heavy (non-hydrogen) atoms. The number of carbonyl (C=O) groups is 1. The first-order valence-corrected chi connectivity index (χ1v) is 5.94. The molecule has 0 atom stereocenters. The van der Waals surface area contributed by atoms with Gasteiger partial charge in [0, 0.05) is 18.9 Å². The Labute approximate surface area is 113 Å². The monoisotopic (exact) mass is 269 g/mol. The molecule has 0 saturated heterocycles. The van der Waals surface area contributed by atoms with Crippen LogP contribution >= 0.6 is 0 Å². The van der Waals surface area contributed by atoms with E-state index >= 15 is 0 Å². The zero-order valence-corrected chi connectivity index (χ0v) is 10.4. The minimum absolute atomic E-state index is 0.167. The van der Waals surface area contributed by atoms with E-state index in [-0.39, 0.29) is 5.56 Å². The molecule has 0 aliphatic rings. The predicted octanol–water partition coefficient (Wildman–Crippen LogP) is 1.43.